The average molecular weight is 423 g/mol. The molecule has 0 aliphatic carbocycles. The molecule has 2 rings (SSSR count). The molecule has 0 bridgehead atoms. The van der Waals surface area contributed by atoms with Crippen molar-refractivity contribution < 1.29 is 33.7 Å². The van der Waals surface area contributed by atoms with Gasteiger partial charge in [0, 0.05) is 11.8 Å². The van der Waals surface area contributed by atoms with Gasteiger partial charge in [-0.25, -0.2) is 14.0 Å². The van der Waals surface area contributed by atoms with Crippen molar-refractivity contribution in [3.63, 3.8) is 0 Å². The van der Waals surface area contributed by atoms with Crippen molar-refractivity contribution in [1.82, 2.24) is 15.1 Å². The predicted molar refractivity (Wildman–Crippen MR) is 106 cm³/mol. The number of hydrogen-bond acceptors (Lipinski definition) is 6. The van der Waals surface area contributed by atoms with Gasteiger partial charge < -0.3 is 25.0 Å². The van der Waals surface area contributed by atoms with E-state index >= 15 is 0 Å². The molecule has 0 spiro atoms. The Kier molecular flexibility index (Phi) is 7.76. The zero-order valence-electron chi connectivity index (χ0n) is 17.0. The van der Waals surface area contributed by atoms with Gasteiger partial charge in [-0.15, -0.1) is 0 Å². The summed E-state index contributed by atoms with van der Waals surface area (Å²) in [5.74, 6) is -0.949. The van der Waals surface area contributed by atoms with Crippen LogP contribution in [0.15, 0.2) is 36.7 Å². The number of alkyl carbamates (subject to hydrolysis) is 1. The number of aromatic nitrogens is 2. The lowest BCUT2D eigenvalue weighted by Gasteiger charge is -2.20. The lowest BCUT2D eigenvalue weighted by Crippen LogP contribution is -2.36. The number of hydrogen-bond donors (Lipinski definition) is 3. The van der Waals surface area contributed by atoms with Crippen LogP contribution in [0.1, 0.15) is 20.8 Å². The number of carboxylic acids is 1. The summed E-state index contributed by atoms with van der Waals surface area (Å²) in [7, 11) is 0. The summed E-state index contributed by atoms with van der Waals surface area (Å²) in [5, 5.41) is 24.4. The number of rotatable bonds is 9. The van der Waals surface area contributed by atoms with Crippen LogP contribution in [-0.4, -0.2) is 63.1 Å². The average Bonchev–Trinajstić information content (AvgIpc) is 3.11. The smallest absolute Gasteiger partial charge is 0.407 e. The molecule has 0 fully saturated rings. The van der Waals surface area contributed by atoms with E-state index in [4.69, 9.17) is 14.6 Å². The molecule has 3 N–H and O–H groups in total. The normalized spacial score (nSPS) is 13.4. The Bertz CT molecular complexity index is 847. The number of amides is 1. The maximum atomic E-state index is 14.1. The molecule has 0 aliphatic heterocycles. The predicted octanol–water partition coefficient (Wildman–Crippen LogP) is 2.24. The second-order valence-electron chi connectivity index (χ2n) is 7.62. The van der Waals surface area contributed by atoms with Gasteiger partial charge in [0.2, 0.25) is 0 Å². The van der Waals surface area contributed by atoms with E-state index in [-0.39, 0.29) is 19.7 Å². The third-order valence-corrected chi connectivity index (χ3v) is 3.77. The molecular formula is C20H26FN3O6. The molecule has 0 saturated heterocycles. The maximum Gasteiger partial charge on any atom is 0.407 e. The van der Waals surface area contributed by atoms with Gasteiger partial charge in [-0.3, -0.25) is 4.68 Å². The Balaban J connectivity index is 1.85. The maximum absolute atomic E-state index is 14.1. The van der Waals surface area contributed by atoms with Crippen LogP contribution in [0, 0.1) is 0 Å². The number of ether oxygens (including phenoxy) is 2. The SMILES string of the molecule is CC(C)(C)OC(=O)NCC(F)Cn1cc(-c2ccc(OCC(O)C(=O)O)cc2)cn1. The van der Waals surface area contributed by atoms with Gasteiger partial charge in [-0.05, 0) is 38.5 Å². The second kappa shape index (κ2) is 10.1. The highest BCUT2D eigenvalue weighted by molar-refractivity contribution is 5.72. The van der Waals surface area contributed by atoms with E-state index in [9.17, 15) is 19.1 Å². The van der Waals surface area contributed by atoms with Gasteiger partial charge in [-0.1, -0.05) is 12.1 Å². The molecule has 0 radical (unpaired) electrons. The molecule has 0 saturated carbocycles. The quantitative estimate of drug-likeness (QED) is 0.565. The van der Waals surface area contributed by atoms with Crippen LogP contribution in [0.25, 0.3) is 11.1 Å². The molecule has 2 atom stereocenters. The van der Waals surface area contributed by atoms with Gasteiger partial charge >= 0.3 is 12.1 Å². The number of carbonyl (C=O) groups is 2. The number of carbonyl (C=O) groups excluding carboxylic acids is 1. The van der Waals surface area contributed by atoms with E-state index in [1.807, 2.05) is 0 Å². The summed E-state index contributed by atoms with van der Waals surface area (Å²) in [6.07, 6.45) is -0.366. The van der Waals surface area contributed by atoms with Crippen LogP contribution in [0.2, 0.25) is 0 Å². The monoisotopic (exact) mass is 423 g/mol. The third-order valence-electron chi connectivity index (χ3n) is 3.77. The van der Waals surface area contributed by atoms with Crippen molar-refractivity contribution in [2.24, 2.45) is 0 Å². The molecule has 30 heavy (non-hydrogen) atoms. The lowest BCUT2D eigenvalue weighted by atomic mass is 10.1. The topological polar surface area (TPSA) is 123 Å². The Labute approximate surface area is 173 Å². The van der Waals surface area contributed by atoms with E-state index in [0.29, 0.717) is 5.75 Å². The van der Waals surface area contributed by atoms with Gasteiger partial charge in [0.1, 0.15) is 24.1 Å². The largest absolute Gasteiger partial charge is 0.490 e. The summed E-state index contributed by atoms with van der Waals surface area (Å²) >= 11 is 0. The van der Waals surface area contributed by atoms with Crippen LogP contribution in [0.4, 0.5) is 9.18 Å². The van der Waals surface area contributed by atoms with E-state index in [1.165, 1.54) is 4.68 Å². The Morgan fingerprint density at radius 3 is 2.50 bits per heavy atom. The van der Waals surface area contributed by atoms with Crippen LogP contribution in [-0.2, 0) is 16.1 Å². The number of alkyl halides is 1. The number of aliphatic hydroxyl groups excluding tert-OH is 1. The van der Waals surface area contributed by atoms with E-state index < -0.39 is 29.9 Å². The fourth-order valence-electron chi connectivity index (χ4n) is 2.38. The highest BCUT2D eigenvalue weighted by Crippen LogP contribution is 2.22. The van der Waals surface area contributed by atoms with Gasteiger partial charge in [-0.2, -0.15) is 5.10 Å². The number of nitrogens with one attached hydrogen (secondary N) is 1. The molecule has 9 nitrogen and oxygen atoms in total. The number of carboxylic acid groups (broad SMARTS) is 1. The van der Waals surface area contributed by atoms with Gasteiger partial charge in [0.05, 0.1) is 19.3 Å². The Morgan fingerprint density at radius 1 is 1.23 bits per heavy atom. The molecule has 0 aliphatic rings. The summed E-state index contributed by atoms with van der Waals surface area (Å²) < 4.78 is 25.8. The molecule has 2 aromatic rings. The van der Waals surface area contributed by atoms with E-state index in [0.717, 1.165) is 11.1 Å². The van der Waals surface area contributed by atoms with Crippen molar-refractivity contribution in [2.45, 2.75) is 45.2 Å². The summed E-state index contributed by atoms with van der Waals surface area (Å²) in [5.41, 5.74) is 0.901. The van der Waals surface area contributed by atoms with Crippen LogP contribution < -0.4 is 10.1 Å². The number of nitrogens with zero attached hydrogens (tertiary/aromatic N) is 2. The minimum Gasteiger partial charge on any atom is -0.490 e. The molecule has 2 unspecified atom stereocenters. The zero-order valence-corrected chi connectivity index (χ0v) is 17.0. The molecular weight excluding hydrogens is 397 g/mol. The molecule has 1 heterocycles. The van der Waals surface area contributed by atoms with E-state index in [1.54, 1.807) is 57.4 Å². The van der Waals surface area contributed by atoms with Crippen molar-refractivity contribution in [3.05, 3.63) is 36.7 Å². The summed E-state index contributed by atoms with van der Waals surface area (Å²) in [6.45, 7) is 4.58. The van der Waals surface area contributed by atoms with Crippen LogP contribution >= 0.6 is 0 Å². The summed E-state index contributed by atoms with van der Waals surface area (Å²) in [6, 6.07) is 6.73. The number of aliphatic carboxylic acids is 1. The first-order valence-corrected chi connectivity index (χ1v) is 9.31. The minimum atomic E-state index is -1.60. The third kappa shape index (κ3) is 7.70. The minimum absolute atomic E-state index is 0.0376. The first-order valence-electron chi connectivity index (χ1n) is 9.31. The van der Waals surface area contributed by atoms with Gasteiger partial charge in [0.15, 0.2) is 6.10 Å². The van der Waals surface area contributed by atoms with E-state index in [2.05, 4.69) is 10.4 Å². The molecule has 1 aromatic heterocycles. The highest BCUT2D eigenvalue weighted by Gasteiger charge is 2.18. The molecule has 164 valence electrons. The van der Waals surface area contributed by atoms with Crippen LogP contribution in [0.5, 0.6) is 5.75 Å². The standard InChI is InChI=1S/C20H26FN3O6/c1-20(2,3)30-19(28)22-9-15(21)11-24-10-14(8-23-24)13-4-6-16(7-5-13)29-12-17(25)18(26)27/h4-8,10,15,17,25H,9,11-12H2,1-3H3,(H,22,28)(H,26,27). The van der Waals surface area contributed by atoms with Gasteiger partial charge in [0.25, 0.3) is 0 Å². The van der Waals surface area contributed by atoms with Crippen molar-refractivity contribution in [2.75, 3.05) is 13.2 Å². The Hall–Kier alpha value is -3.14. The van der Waals surface area contributed by atoms with Crippen molar-refractivity contribution in [1.29, 1.82) is 0 Å². The van der Waals surface area contributed by atoms with Crippen molar-refractivity contribution in [3.8, 4) is 16.9 Å². The lowest BCUT2D eigenvalue weighted by molar-refractivity contribution is -0.148. The highest BCUT2D eigenvalue weighted by atomic mass is 19.1. The zero-order chi connectivity index (χ0) is 22.3. The number of aliphatic hydroxyl groups is 1. The fourth-order valence-corrected chi connectivity index (χ4v) is 2.38. The number of benzene rings is 1. The molecule has 1 aromatic carbocycles. The second-order valence-corrected chi connectivity index (χ2v) is 7.62. The number of halogens is 1. The first kappa shape index (κ1) is 23.1. The summed E-state index contributed by atoms with van der Waals surface area (Å²) in [4.78, 5) is 22.1. The molecule has 1 amide bonds. The first-order chi connectivity index (χ1) is 14.0. The van der Waals surface area contributed by atoms with Crippen molar-refractivity contribution >= 4 is 12.1 Å². The molecule has 10 heteroatoms. The Morgan fingerprint density at radius 2 is 1.90 bits per heavy atom. The van der Waals surface area contributed by atoms with Crippen LogP contribution in [0.3, 0.4) is 0 Å². The fraction of sp³-hybridized carbons (Fsp3) is 0.450.